The number of halogens is 1. The molecule has 142 valence electrons. The lowest BCUT2D eigenvalue weighted by molar-refractivity contribution is -0.142. The van der Waals surface area contributed by atoms with E-state index in [0.717, 1.165) is 6.42 Å². The fraction of sp³-hybridized carbons (Fsp3) is 0.474. The zero-order valence-corrected chi connectivity index (χ0v) is 14.7. The van der Waals surface area contributed by atoms with Gasteiger partial charge in [-0.2, -0.15) is 0 Å². The van der Waals surface area contributed by atoms with Crippen LogP contribution in [0.5, 0.6) is 0 Å². The number of anilines is 1. The summed E-state index contributed by atoms with van der Waals surface area (Å²) < 4.78 is 22.6. The fourth-order valence-corrected chi connectivity index (χ4v) is 4.58. The standard InChI is InChI=1S/C19H20FN3O4/c20-12-7-10-15(24)2-6-23(19(3-4-19)18(25)26)16(10)11-8-27-9-14-13(21)1-5-22(14)17(11)12/h2,6-7,13-14H,1,3-5,8-9,21H2,(H,25,26)/t13-,14-/m1/s1. The molecule has 0 amide bonds. The van der Waals surface area contributed by atoms with Crippen LogP contribution in [0.2, 0.25) is 0 Å². The molecule has 3 aliphatic rings. The summed E-state index contributed by atoms with van der Waals surface area (Å²) in [5.74, 6) is -1.43. The quantitative estimate of drug-likeness (QED) is 0.820. The first kappa shape index (κ1) is 16.7. The summed E-state index contributed by atoms with van der Waals surface area (Å²) in [5, 5.41) is 9.94. The average Bonchev–Trinajstić information content (AvgIpc) is 3.39. The van der Waals surface area contributed by atoms with Crippen LogP contribution in [0, 0.1) is 5.82 Å². The van der Waals surface area contributed by atoms with E-state index in [-0.39, 0.29) is 29.5 Å². The molecule has 7 nitrogen and oxygen atoms in total. The van der Waals surface area contributed by atoms with Crippen LogP contribution in [-0.2, 0) is 21.7 Å². The Morgan fingerprint density at radius 1 is 1.41 bits per heavy atom. The molecule has 2 fully saturated rings. The second-order valence-corrected chi connectivity index (χ2v) is 7.70. The van der Waals surface area contributed by atoms with E-state index >= 15 is 4.39 Å². The summed E-state index contributed by atoms with van der Waals surface area (Å²) in [4.78, 5) is 26.3. The van der Waals surface area contributed by atoms with Gasteiger partial charge in [-0.3, -0.25) is 4.79 Å². The number of hydrogen-bond donors (Lipinski definition) is 2. The van der Waals surface area contributed by atoms with Crippen LogP contribution in [0.1, 0.15) is 24.8 Å². The largest absolute Gasteiger partial charge is 0.479 e. The van der Waals surface area contributed by atoms with Crippen LogP contribution < -0.4 is 16.1 Å². The molecule has 5 rings (SSSR count). The molecule has 1 aromatic carbocycles. The molecule has 1 aromatic heterocycles. The Morgan fingerprint density at radius 2 is 2.19 bits per heavy atom. The van der Waals surface area contributed by atoms with Crippen LogP contribution in [0.3, 0.4) is 0 Å². The van der Waals surface area contributed by atoms with E-state index in [2.05, 4.69) is 0 Å². The molecule has 3 heterocycles. The molecule has 0 unspecified atom stereocenters. The van der Waals surface area contributed by atoms with Gasteiger partial charge in [0.1, 0.15) is 11.4 Å². The van der Waals surface area contributed by atoms with Crippen LogP contribution in [-0.4, -0.2) is 40.9 Å². The van der Waals surface area contributed by atoms with Gasteiger partial charge in [-0.05, 0) is 25.3 Å². The molecule has 8 heteroatoms. The Hall–Kier alpha value is -2.45. The third-order valence-corrected chi connectivity index (χ3v) is 6.21. The monoisotopic (exact) mass is 373 g/mol. The maximum Gasteiger partial charge on any atom is 0.329 e. The molecule has 3 N–H and O–H groups in total. The van der Waals surface area contributed by atoms with Crippen LogP contribution in [0.25, 0.3) is 10.9 Å². The van der Waals surface area contributed by atoms with Crippen molar-refractivity contribution < 1.29 is 19.0 Å². The molecule has 0 radical (unpaired) electrons. The first-order valence-corrected chi connectivity index (χ1v) is 9.14. The van der Waals surface area contributed by atoms with E-state index in [9.17, 15) is 14.7 Å². The van der Waals surface area contributed by atoms with Crippen LogP contribution >= 0.6 is 0 Å². The number of benzene rings is 1. The Labute approximate surface area is 154 Å². The molecule has 1 saturated carbocycles. The Bertz CT molecular complexity index is 1030. The number of carboxylic acids is 1. The predicted molar refractivity (Wildman–Crippen MR) is 96.4 cm³/mol. The molecule has 1 aliphatic carbocycles. The van der Waals surface area contributed by atoms with Crippen molar-refractivity contribution in [2.45, 2.75) is 43.5 Å². The van der Waals surface area contributed by atoms with Gasteiger partial charge in [0.2, 0.25) is 0 Å². The van der Waals surface area contributed by atoms with Gasteiger partial charge in [-0.25, -0.2) is 9.18 Å². The van der Waals surface area contributed by atoms with Crippen molar-refractivity contribution in [1.82, 2.24) is 4.57 Å². The highest BCUT2D eigenvalue weighted by molar-refractivity contribution is 5.91. The van der Waals surface area contributed by atoms with Crippen molar-refractivity contribution in [1.29, 1.82) is 0 Å². The van der Waals surface area contributed by atoms with Gasteiger partial charge in [0.05, 0.1) is 30.5 Å². The van der Waals surface area contributed by atoms with Gasteiger partial charge >= 0.3 is 5.97 Å². The number of aromatic nitrogens is 1. The maximum absolute atomic E-state index is 15.1. The van der Waals surface area contributed by atoms with Crippen LogP contribution in [0.15, 0.2) is 23.1 Å². The number of rotatable bonds is 2. The van der Waals surface area contributed by atoms with E-state index in [1.807, 2.05) is 4.90 Å². The van der Waals surface area contributed by atoms with Gasteiger partial charge in [-0.15, -0.1) is 0 Å². The lowest BCUT2D eigenvalue weighted by Gasteiger charge is -2.28. The van der Waals surface area contributed by atoms with E-state index in [1.165, 1.54) is 18.3 Å². The van der Waals surface area contributed by atoms with E-state index < -0.39 is 17.3 Å². The van der Waals surface area contributed by atoms with Crippen molar-refractivity contribution in [2.24, 2.45) is 5.73 Å². The number of carboxylic acid groups (broad SMARTS) is 1. The minimum absolute atomic E-state index is 0.113. The Balaban J connectivity index is 1.85. The minimum atomic E-state index is -1.08. The first-order valence-electron chi connectivity index (χ1n) is 9.14. The number of carbonyl (C=O) groups is 1. The van der Waals surface area contributed by atoms with Gasteiger partial charge in [0, 0.05) is 35.8 Å². The molecule has 0 bridgehead atoms. The first-order chi connectivity index (χ1) is 12.9. The third kappa shape index (κ3) is 2.20. The maximum atomic E-state index is 15.1. The zero-order valence-electron chi connectivity index (χ0n) is 14.7. The number of nitrogens with two attached hydrogens (primary N) is 1. The smallest absolute Gasteiger partial charge is 0.329 e. The molecule has 1 saturated heterocycles. The van der Waals surface area contributed by atoms with Crippen molar-refractivity contribution in [2.75, 3.05) is 18.1 Å². The van der Waals surface area contributed by atoms with Gasteiger partial charge in [0.15, 0.2) is 5.43 Å². The number of pyridine rings is 1. The number of fused-ring (bicyclic) bond motifs is 5. The Morgan fingerprint density at radius 3 is 2.89 bits per heavy atom. The van der Waals surface area contributed by atoms with Crippen molar-refractivity contribution in [3.05, 3.63) is 39.9 Å². The molecule has 2 atom stereocenters. The summed E-state index contributed by atoms with van der Waals surface area (Å²) in [7, 11) is 0. The number of ether oxygens (including phenoxy) is 1. The second kappa shape index (κ2) is 5.53. The highest BCUT2D eigenvalue weighted by atomic mass is 19.1. The van der Waals surface area contributed by atoms with E-state index in [0.29, 0.717) is 42.8 Å². The summed E-state index contributed by atoms with van der Waals surface area (Å²) in [5.41, 5.74) is 6.15. The summed E-state index contributed by atoms with van der Waals surface area (Å²) in [6.45, 7) is 1.09. The predicted octanol–water partition coefficient (Wildman–Crippen LogP) is 1.15. The minimum Gasteiger partial charge on any atom is -0.479 e. The number of hydrogen-bond acceptors (Lipinski definition) is 5. The zero-order chi connectivity index (χ0) is 18.9. The second-order valence-electron chi connectivity index (χ2n) is 7.70. The topological polar surface area (TPSA) is 97.8 Å². The summed E-state index contributed by atoms with van der Waals surface area (Å²) in [6, 6.07) is 2.30. The highest BCUT2D eigenvalue weighted by Gasteiger charge is 2.53. The van der Waals surface area contributed by atoms with Gasteiger partial charge in [-0.1, -0.05) is 0 Å². The molecule has 2 aliphatic heterocycles. The van der Waals surface area contributed by atoms with Crippen molar-refractivity contribution in [3.63, 3.8) is 0 Å². The highest BCUT2D eigenvalue weighted by Crippen LogP contribution is 2.47. The van der Waals surface area contributed by atoms with E-state index in [1.54, 1.807) is 4.57 Å². The normalized spacial score (nSPS) is 25.8. The lowest BCUT2D eigenvalue weighted by Crippen LogP contribution is -2.42. The Kier molecular flexibility index (Phi) is 3.42. The SMILES string of the molecule is N[C@@H]1CCN2c3c(F)cc4c(=O)ccn(C5(C(=O)O)CC5)c4c3COC[C@H]12. The summed E-state index contributed by atoms with van der Waals surface area (Å²) >= 11 is 0. The molecule has 27 heavy (non-hydrogen) atoms. The van der Waals surface area contributed by atoms with Gasteiger partial charge < -0.3 is 25.0 Å². The van der Waals surface area contributed by atoms with Gasteiger partial charge in [0.25, 0.3) is 0 Å². The fourth-order valence-electron chi connectivity index (χ4n) is 4.58. The number of nitrogens with zero attached hydrogens (tertiary/aromatic N) is 2. The molecular formula is C19H20FN3O4. The third-order valence-electron chi connectivity index (χ3n) is 6.21. The summed E-state index contributed by atoms with van der Waals surface area (Å²) in [6.07, 6.45) is 3.20. The van der Waals surface area contributed by atoms with E-state index in [4.69, 9.17) is 10.5 Å². The van der Waals surface area contributed by atoms with Crippen molar-refractivity contribution >= 4 is 22.6 Å². The van der Waals surface area contributed by atoms with Crippen LogP contribution in [0.4, 0.5) is 10.1 Å². The lowest BCUT2D eigenvalue weighted by atomic mass is 10.0. The molecule has 2 aromatic rings. The number of aliphatic carboxylic acids is 1. The van der Waals surface area contributed by atoms with Crippen molar-refractivity contribution in [3.8, 4) is 0 Å². The molecule has 0 spiro atoms. The average molecular weight is 373 g/mol. The molecular weight excluding hydrogens is 353 g/mol.